The van der Waals surface area contributed by atoms with Gasteiger partial charge in [0.2, 0.25) is 17.7 Å². The zero-order valence-corrected chi connectivity index (χ0v) is 11.8. The van der Waals surface area contributed by atoms with Crippen LogP contribution in [0, 0.1) is 0 Å². The number of carbonyl (C=O) groups excluding carboxylic acids is 3. The third kappa shape index (κ3) is 2.75. The summed E-state index contributed by atoms with van der Waals surface area (Å²) in [5.41, 5.74) is 1.14. The first-order chi connectivity index (χ1) is 9.65. The van der Waals surface area contributed by atoms with Crippen molar-refractivity contribution in [2.24, 2.45) is 0 Å². The van der Waals surface area contributed by atoms with E-state index < -0.39 is 6.04 Å². The Bertz CT molecular complexity index is 537. The Morgan fingerprint density at radius 1 is 1.40 bits per heavy atom. The Kier molecular flexibility index (Phi) is 3.56. The summed E-state index contributed by atoms with van der Waals surface area (Å²) in [6.45, 7) is 0. The Labute approximate surface area is 121 Å². The molecule has 0 spiro atoms. The summed E-state index contributed by atoms with van der Waals surface area (Å²) >= 11 is 1.61. The number of hydrogen-bond donors (Lipinski definition) is 1. The average molecular weight is 292 g/mol. The number of imide groups is 1. The van der Waals surface area contributed by atoms with Gasteiger partial charge < -0.3 is 4.90 Å². The summed E-state index contributed by atoms with van der Waals surface area (Å²) in [5.74, 6) is -0.629. The topological polar surface area (TPSA) is 66.5 Å². The van der Waals surface area contributed by atoms with E-state index in [4.69, 9.17) is 0 Å². The lowest BCUT2D eigenvalue weighted by atomic mass is 10.1. The van der Waals surface area contributed by atoms with Crippen LogP contribution in [-0.4, -0.2) is 34.7 Å². The van der Waals surface area contributed by atoms with Crippen molar-refractivity contribution in [3.05, 3.63) is 22.4 Å². The molecule has 3 amide bonds. The van der Waals surface area contributed by atoms with Gasteiger partial charge in [-0.3, -0.25) is 19.7 Å². The van der Waals surface area contributed by atoms with Crippen molar-refractivity contribution in [2.75, 3.05) is 0 Å². The van der Waals surface area contributed by atoms with Crippen LogP contribution in [0.15, 0.2) is 16.8 Å². The molecule has 1 saturated carbocycles. The molecule has 2 aliphatic rings. The van der Waals surface area contributed by atoms with Crippen LogP contribution in [0.25, 0.3) is 0 Å². The first kappa shape index (κ1) is 13.3. The van der Waals surface area contributed by atoms with Crippen LogP contribution in [0.1, 0.15) is 31.2 Å². The highest BCUT2D eigenvalue weighted by molar-refractivity contribution is 7.07. The maximum Gasteiger partial charge on any atom is 0.249 e. The number of rotatable bonds is 5. The maximum absolute atomic E-state index is 12.4. The number of nitrogens with one attached hydrogen (secondary N) is 1. The molecular weight excluding hydrogens is 276 g/mol. The average Bonchev–Trinajstić information content (AvgIpc) is 2.98. The second-order valence-electron chi connectivity index (χ2n) is 5.30. The molecule has 1 saturated heterocycles. The van der Waals surface area contributed by atoms with Crippen LogP contribution in [0.2, 0.25) is 0 Å². The Morgan fingerprint density at radius 3 is 2.75 bits per heavy atom. The summed E-state index contributed by atoms with van der Waals surface area (Å²) in [6, 6.07) is 1.56. The highest BCUT2D eigenvalue weighted by atomic mass is 32.1. The minimum atomic E-state index is -0.593. The predicted molar refractivity (Wildman–Crippen MR) is 74.1 cm³/mol. The van der Waals surface area contributed by atoms with Crippen LogP contribution in [0.4, 0.5) is 0 Å². The third-order valence-corrected chi connectivity index (χ3v) is 4.45. The van der Waals surface area contributed by atoms with Crippen molar-refractivity contribution >= 4 is 29.1 Å². The molecule has 0 bridgehead atoms. The molecule has 1 atom stereocenters. The molecular formula is C14H16N2O3S. The second-order valence-corrected chi connectivity index (χ2v) is 6.08. The van der Waals surface area contributed by atoms with E-state index in [1.165, 1.54) is 0 Å². The van der Waals surface area contributed by atoms with E-state index in [2.05, 4.69) is 5.32 Å². The van der Waals surface area contributed by atoms with Crippen molar-refractivity contribution in [1.29, 1.82) is 0 Å². The van der Waals surface area contributed by atoms with Crippen molar-refractivity contribution < 1.29 is 14.4 Å². The summed E-state index contributed by atoms with van der Waals surface area (Å²) < 4.78 is 0. The van der Waals surface area contributed by atoms with Crippen molar-refractivity contribution in [2.45, 2.75) is 44.2 Å². The summed E-state index contributed by atoms with van der Waals surface area (Å²) in [7, 11) is 0. The molecule has 2 fully saturated rings. The van der Waals surface area contributed by atoms with E-state index in [1.807, 2.05) is 16.8 Å². The molecule has 1 N–H and O–H groups in total. The first-order valence-corrected chi connectivity index (χ1v) is 7.75. The molecule has 3 rings (SSSR count). The van der Waals surface area contributed by atoms with Gasteiger partial charge in [0, 0.05) is 12.5 Å². The SMILES string of the molecule is O=C1C[C@@H](N(C(=O)CCc2ccsc2)C2CC2)C(=O)N1. The van der Waals surface area contributed by atoms with Crippen molar-refractivity contribution in [3.8, 4) is 0 Å². The smallest absolute Gasteiger partial charge is 0.249 e. The fourth-order valence-corrected chi connectivity index (χ4v) is 3.27. The molecule has 1 aromatic heterocycles. The zero-order chi connectivity index (χ0) is 14.1. The second kappa shape index (κ2) is 5.36. The van der Waals surface area contributed by atoms with Gasteiger partial charge in [-0.25, -0.2) is 0 Å². The van der Waals surface area contributed by atoms with Crippen LogP contribution in [-0.2, 0) is 20.8 Å². The monoisotopic (exact) mass is 292 g/mol. The van der Waals surface area contributed by atoms with E-state index in [0.717, 1.165) is 18.4 Å². The fourth-order valence-electron chi connectivity index (χ4n) is 2.56. The lowest BCUT2D eigenvalue weighted by Crippen LogP contribution is -2.46. The van der Waals surface area contributed by atoms with Crippen molar-refractivity contribution in [1.82, 2.24) is 10.2 Å². The van der Waals surface area contributed by atoms with Crippen LogP contribution in [0.3, 0.4) is 0 Å². The molecule has 0 unspecified atom stereocenters. The van der Waals surface area contributed by atoms with Gasteiger partial charge in [-0.15, -0.1) is 0 Å². The highest BCUT2D eigenvalue weighted by Crippen LogP contribution is 2.31. The number of hydrogen-bond acceptors (Lipinski definition) is 4. The largest absolute Gasteiger partial charge is 0.327 e. The van der Waals surface area contributed by atoms with Crippen LogP contribution < -0.4 is 5.32 Å². The van der Waals surface area contributed by atoms with Gasteiger partial charge in [0.1, 0.15) is 6.04 Å². The zero-order valence-electron chi connectivity index (χ0n) is 11.0. The minimum absolute atomic E-state index is 0.0199. The molecule has 1 aromatic rings. The summed E-state index contributed by atoms with van der Waals surface area (Å²) in [4.78, 5) is 37.1. The third-order valence-electron chi connectivity index (χ3n) is 3.72. The fraction of sp³-hybridized carbons (Fsp3) is 0.500. The van der Waals surface area contributed by atoms with Crippen LogP contribution in [0.5, 0.6) is 0 Å². The van der Waals surface area contributed by atoms with Gasteiger partial charge in [-0.05, 0) is 41.7 Å². The van der Waals surface area contributed by atoms with E-state index in [1.54, 1.807) is 16.2 Å². The highest BCUT2D eigenvalue weighted by Gasteiger charge is 2.44. The molecule has 20 heavy (non-hydrogen) atoms. The molecule has 0 aromatic carbocycles. The van der Waals surface area contributed by atoms with Gasteiger partial charge in [0.15, 0.2) is 0 Å². The minimum Gasteiger partial charge on any atom is -0.327 e. The van der Waals surface area contributed by atoms with Gasteiger partial charge in [0.05, 0.1) is 6.42 Å². The van der Waals surface area contributed by atoms with E-state index in [0.29, 0.717) is 12.8 Å². The molecule has 1 aliphatic heterocycles. The molecule has 1 aliphatic carbocycles. The molecule has 0 radical (unpaired) electrons. The first-order valence-electron chi connectivity index (χ1n) is 6.81. The molecule has 5 nitrogen and oxygen atoms in total. The number of thiophene rings is 1. The normalized spacial score (nSPS) is 21.9. The Hall–Kier alpha value is -1.69. The van der Waals surface area contributed by atoms with Gasteiger partial charge in [-0.2, -0.15) is 11.3 Å². The number of aryl methyl sites for hydroxylation is 1. The lowest BCUT2D eigenvalue weighted by Gasteiger charge is -2.26. The number of amides is 3. The summed E-state index contributed by atoms with van der Waals surface area (Å²) in [5, 5.41) is 6.30. The van der Waals surface area contributed by atoms with Crippen LogP contribution >= 0.6 is 11.3 Å². The Morgan fingerprint density at radius 2 is 2.20 bits per heavy atom. The summed E-state index contributed by atoms with van der Waals surface area (Å²) in [6.07, 6.45) is 3.06. The standard InChI is InChI=1S/C14H16N2O3S/c17-12-7-11(14(19)15-12)16(10-2-3-10)13(18)4-1-9-5-6-20-8-9/h5-6,8,10-11H,1-4,7H2,(H,15,17,19)/t11-/m1/s1. The quantitative estimate of drug-likeness (QED) is 0.826. The van der Waals surface area contributed by atoms with Crippen molar-refractivity contribution in [3.63, 3.8) is 0 Å². The molecule has 106 valence electrons. The number of carbonyl (C=O) groups is 3. The lowest BCUT2D eigenvalue weighted by molar-refractivity contribution is -0.139. The molecule has 2 heterocycles. The maximum atomic E-state index is 12.4. The Balaban J connectivity index is 1.66. The molecule has 6 heteroatoms. The van der Waals surface area contributed by atoms with Gasteiger partial charge in [-0.1, -0.05) is 0 Å². The predicted octanol–water partition coefficient (Wildman–Crippen LogP) is 1.09. The number of nitrogens with zero attached hydrogens (tertiary/aromatic N) is 1. The van der Waals surface area contributed by atoms with E-state index in [-0.39, 0.29) is 30.2 Å². The van der Waals surface area contributed by atoms with E-state index in [9.17, 15) is 14.4 Å². The van der Waals surface area contributed by atoms with Gasteiger partial charge >= 0.3 is 0 Å². The van der Waals surface area contributed by atoms with E-state index >= 15 is 0 Å². The van der Waals surface area contributed by atoms with Gasteiger partial charge in [0.25, 0.3) is 0 Å².